The molecular weight excluding hydrogens is 242 g/mol. The highest BCUT2D eigenvalue weighted by Crippen LogP contribution is 2.23. The fraction of sp³-hybridized carbons (Fsp3) is 0.500. The molecule has 0 aliphatic carbocycles. The van der Waals surface area contributed by atoms with Crippen molar-refractivity contribution in [3.63, 3.8) is 0 Å². The molecule has 0 amide bonds. The van der Waals surface area contributed by atoms with Crippen molar-refractivity contribution in [1.29, 1.82) is 0 Å². The standard InChI is InChI=1S/C14H21N3O2/c1-4-19-11-5-6-12-13(9-11)16-14(15-12)10(2)17(3)7-8-18/h5-6,9-10,18H,4,7-8H2,1-3H3,(H,15,16). The molecule has 0 saturated heterocycles. The summed E-state index contributed by atoms with van der Waals surface area (Å²) in [4.78, 5) is 9.96. The topological polar surface area (TPSA) is 61.4 Å². The Kier molecular flexibility index (Phi) is 4.39. The summed E-state index contributed by atoms with van der Waals surface area (Å²) in [5.41, 5.74) is 1.91. The molecule has 1 unspecified atom stereocenters. The minimum Gasteiger partial charge on any atom is -0.494 e. The third kappa shape index (κ3) is 3.05. The number of nitrogens with one attached hydrogen (secondary N) is 1. The third-order valence-electron chi connectivity index (χ3n) is 3.29. The Bertz CT molecular complexity index is 538. The fourth-order valence-corrected chi connectivity index (χ4v) is 2.02. The lowest BCUT2D eigenvalue weighted by Gasteiger charge is -2.21. The van der Waals surface area contributed by atoms with E-state index in [0.717, 1.165) is 22.6 Å². The lowest BCUT2D eigenvalue weighted by molar-refractivity contribution is 0.185. The number of rotatable bonds is 6. The van der Waals surface area contributed by atoms with Gasteiger partial charge in [-0.05, 0) is 33.0 Å². The van der Waals surface area contributed by atoms with Crippen LogP contribution < -0.4 is 4.74 Å². The molecule has 1 atom stereocenters. The molecule has 0 aliphatic heterocycles. The first-order valence-corrected chi connectivity index (χ1v) is 6.59. The molecule has 0 spiro atoms. The van der Waals surface area contributed by atoms with Crippen molar-refractivity contribution >= 4 is 11.0 Å². The molecule has 2 N–H and O–H groups in total. The number of hydrogen-bond acceptors (Lipinski definition) is 4. The van der Waals surface area contributed by atoms with E-state index in [9.17, 15) is 0 Å². The van der Waals surface area contributed by atoms with E-state index < -0.39 is 0 Å². The van der Waals surface area contributed by atoms with Gasteiger partial charge >= 0.3 is 0 Å². The molecule has 0 bridgehead atoms. The van der Waals surface area contributed by atoms with Crippen molar-refractivity contribution < 1.29 is 9.84 Å². The van der Waals surface area contributed by atoms with Crippen LogP contribution in [-0.2, 0) is 0 Å². The molecular formula is C14H21N3O2. The SMILES string of the molecule is CCOc1ccc2nc(C(C)N(C)CCO)[nH]c2c1. The van der Waals surface area contributed by atoms with E-state index in [0.29, 0.717) is 13.2 Å². The summed E-state index contributed by atoms with van der Waals surface area (Å²) in [6.07, 6.45) is 0. The van der Waals surface area contributed by atoms with Crippen molar-refractivity contribution in [3.05, 3.63) is 24.0 Å². The Hall–Kier alpha value is -1.59. The number of aromatic amines is 1. The second-order valence-electron chi connectivity index (χ2n) is 4.61. The average Bonchev–Trinajstić information content (AvgIpc) is 2.81. The van der Waals surface area contributed by atoms with E-state index in [1.807, 2.05) is 32.2 Å². The van der Waals surface area contributed by atoms with Crippen LogP contribution in [0.15, 0.2) is 18.2 Å². The average molecular weight is 263 g/mol. The second-order valence-corrected chi connectivity index (χ2v) is 4.61. The van der Waals surface area contributed by atoms with Gasteiger partial charge in [-0.25, -0.2) is 4.98 Å². The first-order valence-electron chi connectivity index (χ1n) is 6.59. The van der Waals surface area contributed by atoms with Crippen LogP contribution in [0.2, 0.25) is 0 Å². The van der Waals surface area contributed by atoms with Crippen LogP contribution in [0.25, 0.3) is 11.0 Å². The molecule has 2 rings (SSSR count). The van der Waals surface area contributed by atoms with E-state index in [1.54, 1.807) is 0 Å². The smallest absolute Gasteiger partial charge is 0.124 e. The van der Waals surface area contributed by atoms with E-state index >= 15 is 0 Å². The highest BCUT2D eigenvalue weighted by molar-refractivity contribution is 5.76. The molecule has 19 heavy (non-hydrogen) atoms. The maximum atomic E-state index is 8.98. The molecule has 0 fully saturated rings. The molecule has 0 radical (unpaired) electrons. The number of hydrogen-bond donors (Lipinski definition) is 2. The number of likely N-dealkylation sites (N-methyl/N-ethyl adjacent to an activating group) is 1. The summed E-state index contributed by atoms with van der Waals surface area (Å²) >= 11 is 0. The maximum absolute atomic E-state index is 8.98. The summed E-state index contributed by atoms with van der Waals surface area (Å²) < 4.78 is 5.48. The number of aromatic nitrogens is 2. The zero-order chi connectivity index (χ0) is 13.8. The third-order valence-corrected chi connectivity index (χ3v) is 3.29. The van der Waals surface area contributed by atoms with Crippen LogP contribution in [0.5, 0.6) is 5.75 Å². The van der Waals surface area contributed by atoms with Crippen molar-refractivity contribution in [2.45, 2.75) is 19.9 Å². The Morgan fingerprint density at radius 1 is 1.47 bits per heavy atom. The Morgan fingerprint density at radius 2 is 2.26 bits per heavy atom. The van der Waals surface area contributed by atoms with Crippen molar-refractivity contribution in [2.75, 3.05) is 26.8 Å². The van der Waals surface area contributed by atoms with Gasteiger partial charge in [0, 0.05) is 12.6 Å². The zero-order valence-electron chi connectivity index (χ0n) is 11.7. The van der Waals surface area contributed by atoms with Gasteiger partial charge in [0.1, 0.15) is 11.6 Å². The van der Waals surface area contributed by atoms with Crippen molar-refractivity contribution in [3.8, 4) is 5.75 Å². The van der Waals surface area contributed by atoms with Gasteiger partial charge in [-0.2, -0.15) is 0 Å². The minimum atomic E-state index is 0.134. The van der Waals surface area contributed by atoms with E-state index in [2.05, 4.69) is 21.8 Å². The van der Waals surface area contributed by atoms with Gasteiger partial charge in [-0.1, -0.05) is 0 Å². The van der Waals surface area contributed by atoms with Crippen molar-refractivity contribution in [2.24, 2.45) is 0 Å². The number of aliphatic hydroxyl groups excluding tert-OH is 1. The number of benzene rings is 1. The quantitative estimate of drug-likeness (QED) is 0.836. The number of aliphatic hydroxyl groups is 1. The van der Waals surface area contributed by atoms with Crippen LogP contribution in [0.4, 0.5) is 0 Å². The fourth-order valence-electron chi connectivity index (χ4n) is 2.02. The van der Waals surface area contributed by atoms with E-state index in [4.69, 9.17) is 9.84 Å². The van der Waals surface area contributed by atoms with Crippen LogP contribution >= 0.6 is 0 Å². The van der Waals surface area contributed by atoms with E-state index in [-0.39, 0.29) is 12.6 Å². The van der Waals surface area contributed by atoms with Crippen LogP contribution in [0.3, 0.4) is 0 Å². The normalized spacial score (nSPS) is 13.1. The van der Waals surface area contributed by atoms with Crippen LogP contribution in [-0.4, -0.2) is 46.8 Å². The molecule has 104 valence electrons. The number of H-pyrrole nitrogens is 1. The molecule has 0 saturated carbocycles. The molecule has 1 heterocycles. The van der Waals surface area contributed by atoms with E-state index in [1.165, 1.54) is 0 Å². The first-order chi connectivity index (χ1) is 9.15. The molecule has 1 aromatic heterocycles. The predicted molar refractivity (Wildman–Crippen MR) is 75.4 cm³/mol. The Balaban J connectivity index is 2.25. The van der Waals surface area contributed by atoms with Gasteiger partial charge < -0.3 is 14.8 Å². The van der Waals surface area contributed by atoms with Crippen LogP contribution in [0, 0.1) is 0 Å². The number of fused-ring (bicyclic) bond motifs is 1. The molecule has 1 aromatic carbocycles. The van der Waals surface area contributed by atoms with Crippen molar-refractivity contribution in [1.82, 2.24) is 14.9 Å². The number of imidazole rings is 1. The first kappa shape index (κ1) is 13.8. The van der Waals surface area contributed by atoms with Gasteiger partial charge in [0.05, 0.1) is 30.3 Å². The predicted octanol–water partition coefficient (Wildman–Crippen LogP) is 1.95. The van der Waals surface area contributed by atoms with Crippen LogP contribution in [0.1, 0.15) is 25.7 Å². The summed E-state index contributed by atoms with van der Waals surface area (Å²) in [5.74, 6) is 1.75. The highest BCUT2D eigenvalue weighted by atomic mass is 16.5. The lowest BCUT2D eigenvalue weighted by atomic mass is 10.3. The molecule has 5 heteroatoms. The summed E-state index contributed by atoms with van der Waals surface area (Å²) in [7, 11) is 1.97. The molecule has 5 nitrogen and oxygen atoms in total. The summed E-state index contributed by atoms with van der Waals surface area (Å²) in [6, 6.07) is 5.99. The van der Waals surface area contributed by atoms with Gasteiger partial charge in [0.2, 0.25) is 0 Å². The monoisotopic (exact) mass is 263 g/mol. The summed E-state index contributed by atoms with van der Waals surface area (Å²) in [6.45, 7) is 5.46. The molecule has 2 aromatic rings. The maximum Gasteiger partial charge on any atom is 0.124 e. The largest absolute Gasteiger partial charge is 0.494 e. The zero-order valence-corrected chi connectivity index (χ0v) is 11.7. The number of ether oxygens (including phenoxy) is 1. The summed E-state index contributed by atoms with van der Waals surface area (Å²) in [5, 5.41) is 8.98. The van der Waals surface area contributed by atoms with Gasteiger partial charge in [-0.15, -0.1) is 0 Å². The Morgan fingerprint density at radius 3 is 2.95 bits per heavy atom. The number of nitrogens with zero attached hydrogens (tertiary/aromatic N) is 2. The van der Waals surface area contributed by atoms with Gasteiger partial charge in [0.15, 0.2) is 0 Å². The Labute approximate surface area is 113 Å². The lowest BCUT2D eigenvalue weighted by Crippen LogP contribution is -2.26. The van der Waals surface area contributed by atoms with Gasteiger partial charge in [0.25, 0.3) is 0 Å². The van der Waals surface area contributed by atoms with Gasteiger partial charge in [-0.3, -0.25) is 4.90 Å². The second kappa shape index (κ2) is 6.04. The minimum absolute atomic E-state index is 0.134. The molecule has 0 aliphatic rings. The highest BCUT2D eigenvalue weighted by Gasteiger charge is 2.15.